The molecule has 10 heteroatoms. The fourth-order valence-electron chi connectivity index (χ4n) is 3.18. The minimum atomic E-state index is -3.80. The molecular weight excluding hydrogens is 354 g/mol. The van der Waals surface area contributed by atoms with E-state index >= 15 is 0 Å². The van der Waals surface area contributed by atoms with E-state index in [9.17, 15) is 13.2 Å². The zero-order valence-electron chi connectivity index (χ0n) is 13.1. The third-order valence-electron chi connectivity index (χ3n) is 4.39. The molecule has 3 N–H and O–H groups in total. The van der Waals surface area contributed by atoms with Gasteiger partial charge >= 0.3 is 0 Å². The van der Waals surface area contributed by atoms with Gasteiger partial charge in [-0.05, 0) is 18.9 Å². The van der Waals surface area contributed by atoms with Gasteiger partial charge in [-0.15, -0.1) is 0 Å². The smallest absolute Gasteiger partial charge is 0.246 e. The highest BCUT2D eigenvalue weighted by Gasteiger charge is 2.36. The molecule has 24 heavy (non-hydrogen) atoms. The van der Waals surface area contributed by atoms with Crippen LogP contribution in [0.3, 0.4) is 0 Å². The van der Waals surface area contributed by atoms with E-state index in [1.54, 1.807) is 4.90 Å². The second kappa shape index (κ2) is 6.83. The minimum absolute atomic E-state index is 0.00874. The van der Waals surface area contributed by atoms with Crippen LogP contribution in [0, 0.1) is 0 Å². The van der Waals surface area contributed by atoms with Gasteiger partial charge in [0.2, 0.25) is 15.9 Å². The van der Waals surface area contributed by atoms with Gasteiger partial charge in [-0.1, -0.05) is 11.6 Å². The summed E-state index contributed by atoms with van der Waals surface area (Å²) in [7, 11) is -3.80. The van der Waals surface area contributed by atoms with Crippen LogP contribution in [0.2, 0.25) is 5.02 Å². The molecule has 3 rings (SSSR count). The van der Waals surface area contributed by atoms with Crippen LogP contribution >= 0.6 is 11.6 Å². The number of nitrogens with zero attached hydrogens (tertiary/aromatic N) is 3. The highest BCUT2D eigenvalue weighted by atomic mass is 35.5. The van der Waals surface area contributed by atoms with Crippen LogP contribution in [0.1, 0.15) is 12.8 Å². The quantitative estimate of drug-likeness (QED) is 0.766. The number of carbonyl (C=O) groups excluding carboxylic acids is 1. The van der Waals surface area contributed by atoms with Crippen molar-refractivity contribution in [3.05, 3.63) is 17.3 Å². The maximum Gasteiger partial charge on any atom is 0.246 e. The van der Waals surface area contributed by atoms with Gasteiger partial charge in [0, 0.05) is 38.4 Å². The fourth-order valence-corrected chi connectivity index (χ4v) is 5.01. The summed E-state index contributed by atoms with van der Waals surface area (Å²) in [5.41, 5.74) is 5.73. The van der Waals surface area contributed by atoms with Gasteiger partial charge in [0.1, 0.15) is 10.7 Å². The molecule has 0 spiro atoms. The molecule has 2 fully saturated rings. The molecule has 1 atom stereocenters. The molecule has 0 aromatic carbocycles. The van der Waals surface area contributed by atoms with Crippen LogP contribution in [0.15, 0.2) is 17.2 Å². The third kappa shape index (κ3) is 3.34. The lowest BCUT2D eigenvalue weighted by Gasteiger charge is -2.40. The summed E-state index contributed by atoms with van der Waals surface area (Å²) in [4.78, 5) is 17.6. The molecule has 1 amide bonds. The lowest BCUT2D eigenvalue weighted by molar-refractivity contribution is -0.135. The van der Waals surface area contributed by atoms with Crippen molar-refractivity contribution >= 4 is 33.3 Å². The third-order valence-corrected chi connectivity index (χ3v) is 6.49. The van der Waals surface area contributed by atoms with Gasteiger partial charge in [0.15, 0.2) is 0 Å². The highest BCUT2D eigenvalue weighted by molar-refractivity contribution is 7.89. The van der Waals surface area contributed by atoms with E-state index in [0.29, 0.717) is 26.1 Å². The van der Waals surface area contributed by atoms with E-state index in [1.165, 1.54) is 16.6 Å². The van der Waals surface area contributed by atoms with Gasteiger partial charge in [0.25, 0.3) is 0 Å². The zero-order chi connectivity index (χ0) is 17.3. The first kappa shape index (κ1) is 17.4. The molecule has 1 aromatic heterocycles. The lowest BCUT2D eigenvalue weighted by Crippen LogP contribution is -2.57. The summed E-state index contributed by atoms with van der Waals surface area (Å²) in [6.45, 7) is 2.28. The van der Waals surface area contributed by atoms with Crippen molar-refractivity contribution in [3.63, 3.8) is 0 Å². The van der Waals surface area contributed by atoms with E-state index in [2.05, 4.69) is 10.3 Å². The second-order valence-electron chi connectivity index (χ2n) is 5.96. The van der Waals surface area contributed by atoms with Crippen LogP contribution in [0.25, 0.3) is 0 Å². The average Bonchev–Trinajstić information content (AvgIpc) is 2.57. The number of nitrogens with two attached hydrogens (primary N) is 1. The van der Waals surface area contributed by atoms with Crippen molar-refractivity contribution < 1.29 is 13.2 Å². The molecular formula is C14H20ClN5O3S. The monoisotopic (exact) mass is 373 g/mol. The minimum Gasteiger partial charge on any atom is -0.383 e. The number of hydrogen-bond donors (Lipinski definition) is 2. The first-order chi connectivity index (χ1) is 11.4. The SMILES string of the molecule is Nc1ncc(Cl)cc1S(=O)(=O)N1CCCC(N2CCNCC2=O)C1. The molecule has 0 bridgehead atoms. The predicted molar refractivity (Wildman–Crippen MR) is 90.0 cm³/mol. The molecule has 2 aliphatic heterocycles. The van der Waals surface area contributed by atoms with Crippen LogP contribution in [-0.2, 0) is 14.8 Å². The van der Waals surface area contributed by atoms with Crippen molar-refractivity contribution in [1.29, 1.82) is 0 Å². The van der Waals surface area contributed by atoms with Gasteiger partial charge < -0.3 is 16.0 Å². The van der Waals surface area contributed by atoms with Gasteiger partial charge in [-0.2, -0.15) is 4.31 Å². The van der Waals surface area contributed by atoms with Crippen molar-refractivity contribution in [2.24, 2.45) is 0 Å². The zero-order valence-corrected chi connectivity index (χ0v) is 14.7. The Labute approximate surface area is 146 Å². The van der Waals surface area contributed by atoms with Crippen molar-refractivity contribution in [1.82, 2.24) is 19.5 Å². The van der Waals surface area contributed by atoms with Gasteiger partial charge in [-0.25, -0.2) is 13.4 Å². The summed E-state index contributed by atoms with van der Waals surface area (Å²) < 4.78 is 27.2. The Morgan fingerprint density at radius 3 is 2.92 bits per heavy atom. The van der Waals surface area contributed by atoms with Crippen molar-refractivity contribution in [2.75, 3.05) is 38.5 Å². The van der Waals surface area contributed by atoms with E-state index in [-0.39, 0.29) is 34.2 Å². The van der Waals surface area contributed by atoms with Gasteiger partial charge in [-0.3, -0.25) is 4.79 Å². The number of rotatable bonds is 3. The van der Waals surface area contributed by atoms with Crippen molar-refractivity contribution in [2.45, 2.75) is 23.8 Å². The Hall–Kier alpha value is -1.42. The number of piperazine rings is 1. The van der Waals surface area contributed by atoms with Crippen molar-refractivity contribution in [3.8, 4) is 0 Å². The first-order valence-corrected chi connectivity index (χ1v) is 9.63. The number of nitrogens with one attached hydrogen (secondary N) is 1. The Kier molecular flexibility index (Phi) is 4.95. The second-order valence-corrected chi connectivity index (χ2v) is 8.30. The topological polar surface area (TPSA) is 109 Å². The Morgan fingerprint density at radius 1 is 1.38 bits per heavy atom. The number of aromatic nitrogens is 1. The van der Waals surface area contributed by atoms with E-state index in [0.717, 1.165) is 13.0 Å². The summed E-state index contributed by atoms with van der Waals surface area (Å²) in [5.74, 6) is -0.0609. The summed E-state index contributed by atoms with van der Waals surface area (Å²) in [5, 5.41) is 3.24. The van der Waals surface area contributed by atoms with Crippen LogP contribution < -0.4 is 11.1 Å². The fraction of sp³-hybridized carbons (Fsp3) is 0.571. The standard InChI is InChI=1S/C14H20ClN5O3S/c15-10-6-12(14(16)18-7-10)24(22,23)19-4-1-2-11(9-19)20-5-3-17-8-13(20)21/h6-7,11,17H,1-5,8-9H2,(H2,16,18). The number of pyridine rings is 1. The molecule has 8 nitrogen and oxygen atoms in total. The van der Waals surface area contributed by atoms with E-state index in [4.69, 9.17) is 17.3 Å². The molecule has 2 aliphatic rings. The summed E-state index contributed by atoms with van der Waals surface area (Å²) in [6, 6.07) is 1.20. The molecule has 1 aromatic rings. The summed E-state index contributed by atoms with van der Waals surface area (Å²) in [6.07, 6.45) is 2.80. The number of hydrogen-bond acceptors (Lipinski definition) is 6. The van der Waals surface area contributed by atoms with Crippen LogP contribution in [0.4, 0.5) is 5.82 Å². The lowest BCUT2D eigenvalue weighted by atomic mass is 10.1. The molecule has 0 radical (unpaired) electrons. The molecule has 132 valence electrons. The van der Waals surface area contributed by atoms with Gasteiger partial charge in [0.05, 0.1) is 11.6 Å². The first-order valence-electron chi connectivity index (χ1n) is 7.81. The number of halogens is 1. The predicted octanol–water partition coefficient (Wildman–Crippen LogP) is -0.0979. The van der Waals surface area contributed by atoms with Crippen LogP contribution in [-0.4, -0.2) is 67.3 Å². The molecule has 2 saturated heterocycles. The molecule has 1 unspecified atom stereocenters. The Balaban J connectivity index is 1.83. The number of carbonyl (C=O) groups is 1. The highest BCUT2D eigenvalue weighted by Crippen LogP contribution is 2.27. The number of nitrogen functional groups attached to an aromatic ring is 1. The summed E-state index contributed by atoms with van der Waals surface area (Å²) >= 11 is 5.87. The number of anilines is 1. The number of amides is 1. The Morgan fingerprint density at radius 2 is 2.17 bits per heavy atom. The largest absolute Gasteiger partial charge is 0.383 e. The number of sulfonamides is 1. The number of piperidine rings is 1. The maximum absolute atomic E-state index is 12.9. The Bertz CT molecular complexity index is 742. The molecule has 3 heterocycles. The normalized spacial score (nSPS) is 23.5. The molecule has 0 saturated carbocycles. The van der Waals surface area contributed by atoms with E-state index < -0.39 is 10.0 Å². The molecule has 0 aliphatic carbocycles. The van der Waals surface area contributed by atoms with Crippen LogP contribution in [0.5, 0.6) is 0 Å². The van der Waals surface area contributed by atoms with E-state index in [1.807, 2.05) is 0 Å². The average molecular weight is 374 g/mol. The maximum atomic E-state index is 12.9.